The fraction of sp³-hybridized carbons (Fsp3) is 0.938. The first-order chi connectivity index (χ1) is 9.42. The van der Waals surface area contributed by atoms with Gasteiger partial charge in [-0.15, -0.1) is 0 Å². The monoisotopic (exact) mass is 281 g/mol. The molecule has 0 aromatic rings. The van der Waals surface area contributed by atoms with E-state index < -0.39 is 0 Å². The van der Waals surface area contributed by atoms with Gasteiger partial charge in [0.15, 0.2) is 0 Å². The van der Waals surface area contributed by atoms with Gasteiger partial charge in [-0.05, 0) is 63.5 Å². The molecule has 0 radical (unpaired) electrons. The minimum atomic E-state index is -0.206. The zero-order valence-electron chi connectivity index (χ0n) is 13.3. The Bertz CT molecular complexity index is 354. The highest BCUT2D eigenvalue weighted by molar-refractivity contribution is 5.85. The van der Waals surface area contributed by atoms with Gasteiger partial charge in [-0.3, -0.25) is 0 Å². The Morgan fingerprint density at radius 3 is 2.65 bits per heavy atom. The molecular formula is C16H31N3O. The summed E-state index contributed by atoms with van der Waals surface area (Å²) in [5.74, 6) is 3.33. The molecule has 20 heavy (non-hydrogen) atoms. The van der Waals surface area contributed by atoms with E-state index in [9.17, 15) is 0 Å². The van der Waals surface area contributed by atoms with Crippen LogP contribution in [-0.2, 0) is 0 Å². The van der Waals surface area contributed by atoms with Crippen molar-refractivity contribution in [2.45, 2.75) is 52.4 Å². The molecule has 2 rings (SSSR count). The lowest BCUT2D eigenvalue weighted by molar-refractivity contribution is 0.212. The number of rotatable bonds is 7. The molecule has 0 aromatic heterocycles. The maximum absolute atomic E-state index is 8.78. The Morgan fingerprint density at radius 1 is 1.35 bits per heavy atom. The molecule has 2 bridgehead atoms. The first kappa shape index (κ1) is 15.6. The number of hydrogen-bond acceptors (Lipinski definition) is 3. The van der Waals surface area contributed by atoms with E-state index in [4.69, 9.17) is 10.9 Å². The Balaban J connectivity index is 1.67. The van der Waals surface area contributed by atoms with Crippen molar-refractivity contribution in [1.29, 1.82) is 0 Å². The smallest absolute Gasteiger partial charge is 0.144 e. The maximum atomic E-state index is 8.78. The molecule has 0 aliphatic heterocycles. The first-order valence-corrected chi connectivity index (χ1v) is 8.09. The van der Waals surface area contributed by atoms with E-state index in [1.54, 1.807) is 0 Å². The molecule has 0 spiro atoms. The van der Waals surface area contributed by atoms with Crippen LogP contribution in [0.15, 0.2) is 5.16 Å². The van der Waals surface area contributed by atoms with Crippen molar-refractivity contribution in [1.82, 2.24) is 4.90 Å². The second-order valence-electron chi connectivity index (χ2n) is 7.67. The predicted molar refractivity (Wildman–Crippen MR) is 82.9 cm³/mol. The molecule has 0 amide bonds. The number of fused-ring (bicyclic) bond motifs is 2. The molecule has 3 unspecified atom stereocenters. The SMILES string of the molecule is CN(CCCC(C)(C)C(N)=NO)CC1CC2CCC1C2. The van der Waals surface area contributed by atoms with Crippen LogP contribution in [0.2, 0.25) is 0 Å². The second-order valence-corrected chi connectivity index (χ2v) is 7.67. The first-order valence-electron chi connectivity index (χ1n) is 8.09. The molecule has 0 heterocycles. The normalized spacial score (nSPS) is 30.4. The van der Waals surface area contributed by atoms with Gasteiger partial charge in [-0.2, -0.15) is 0 Å². The van der Waals surface area contributed by atoms with Crippen LogP contribution >= 0.6 is 0 Å². The van der Waals surface area contributed by atoms with Gasteiger partial charge < -0.3 is 15.8 Å². The van der Waals surface area contributed by atoms with Crippen LogP contribution in [0, 0.1) is 23.2 Å². The minimum absolute atomic E-state index is 0.206. The van der Waals surface area contributed by atoms with Crippen molar-refractivity contribution in [2.75, 3.05) is 20.1 Å². The van der Waals surface area contributed by atoms with E-state index in [0.29, 0.717) is 5.84 Å². The molecule has 0 saturated heterocycles. The minimum Gasteiger partial charge on any atom is -0.409 e. The van der Waals surface area contributed by atoms with Gasteiger partial charge in [0.25, 0.3) is 0 Å². The third-order valence-corrected chi connectivity index (χ3v) is 5.57. The van der Waals surface area contributed by atoms with Gasteiger partial charge >= 0.3 is 0 Å². The van der Waals surface area contributed by atoms with Gasteiger partial charge in [-0.1, -0.05) is 25.4 Å². The summed E-state index contributed by atoms with van der Waals surface area (Å²) >= 11 is 0. The topological polar surface area (TPSA) is 61.8 Å². The summed E-state index contributed by atoms with van der Waals surface area (Å²) in [4.78, 5) is 2.48. The number of nitrogens with zero attached hydrogens (tertiary/aromatic N) is 2. The van der Waals surface area contributed by atoms with Gasteiger partial charge in [0.1, 0.15) is 5.84 Å². The van der Waals surface area contributed by atoms with Crippen molar-refractivity contribution in [3.63, 3.8) is 0 Å². The zero-order chi connectivity index (χ0) is 14.8. The summed E-state index contributed by atoms with van der Waals surface area (Å²) < 4.78 is 0. The van der Waals surface area contributed by atoms with Crippen molar-refractivity contribution in [3.8, 4) is 0 Å². The fourth-order valence-electron chi connectivity index (χ4n) is 4.15. The van der Waals surface area contributed by atoms with Crippen LogP contribution in [0.25, 0.3) is 0 Å². The Morgan fingerprint density at radius 2 is 2.10 bits per heavy atom. The highest BCUT2D eigenvalue weighted by Crippen LogP contribution is 2.48. The molecular weight excluding hydrogens is 250 g/mol. The Kier molecular flexibility index (Phi) is 4.95. The predicted octanol–water partition coefficient (Wildman–Crippen LogP) is 2.91. The molecule has 4 heteroatoms. The van der Waals surface area contributed by atoms with Crippen LogP contribution in [0.1, 0.15) is 52.4 Å². The van der Waals surface area contributed by atoms with Gasteiger partial charge in [-0.25, -0.2) is 0 Å². The largest absolute Gasteiger partial charge is 0.409 e. The maximum Gasteiger partial charge on any atom is 0.144 e. The van der Waals surface area contributed by atoms with Crippen LogP contribution in [0.5, 0.6) is 0 Å². The Hall–Kier alpha value is -0.770. The van der Waals surface area contributed by atoms with E-state index in [-0.39, 0.29) is 5.41 Å². The number of nitrogens with two attached hydrogens (primary N) is 1. The van der Waals surface area contributed by atoms with Crippen molar-refractivity contribution in [3.05, 3.63) is 0 Å². The molecule has 4 nitrogen and oxygen atoms in total. The molecule has 0 aromatic carbocycles. The van der Waals surface area contributed by atoms with Gasteiger partial charge in [0.05, 0.1) is 0 Å². The number of oxime groups is 1. The molecule has 3 N–H and O–H groups in total. The summed E-state index contributed by atoms with van der Waals surface area (Å²) in [7, 11) is 2.24. The van der Waals surface area contributed by atoms with Gasteiger partial charge in [0, 0.05) is 12.0 Å². The lowest BCUT2D eigenvalue weighted by Crippen LogP contribution is -2.34. The molecule has 116 valence electrons. The van der Waals surface area contributed by atoms with Crippen molar-refractivity contribution < 1.29 is 5.21 Å². The lowest BCUT2D eigenvalue weighted by atomic mass is 9.86. The van der Waals surface area contributed by atoms with E-state index in [0.717, 1.165) is 37.1 Å². The lowest BCUT2D eigenvalue weighted by Gasteiger charge is -2.28. The van der Waals surface area contributed by atoms with E-state index in [1.165, 1.54) is 32.2 Å². The van der Waals surface area contributed by atoms with Crippen molar-refractivity contribution in [2.24, 2.45) is 34.1 Å². The van der Waals surface area contributed by atoms with E-state index >= 15 is 0 Å². The average molecular weight is 281 g/mol. The summed E-state index contributed by atoms with van der Waals surface area (Å²) in [6.45, 7) is 6.44. The third kappa shape index (κ3) is 3.66. The number of amidine groups is 1. The quantitative estimate of drug-likeness (QED) is 0.326. The third-order valence-electron chi connectivity index (χ3n) is 5.57. The summed E-state index contributed by atoms with van der Waals surface area (Å²) in [6.07, 6.45) is 7.97. The second kappa shape index (κ2) is 6.33. The standard InChI is InChI=1S/C16H31N3O/c1-16(2,15(17)18-20)7-4-8-19(3)11-14-10-12-5-6-13(14)9-12/h12-14,20H,4-11H2,1-3H3,(H2,17,18). The molecule has 2 aliphatic carbocycles. The van der Waals surface area contributed by atoms with Crippen LogP contribution in [-0.4, -0.2) is 36.1 Å². The Labute approximate surface area is 123 Å². The average Bonchev–Trinajstić information content (AvgIpc) is 2.99. The van der Waals surface area contributed by atoms with Crippen LogP contribution in [0.4, 0.5) is 0 Å². The highest BCUT2D eigenvalue weighted by Gasteiger charge is 2.39. The molecule has 2 aliphatic rings. The summed E-state index contributed by atoms with van der Waals surface area (Å²) in [5, 5.41) is 11.9. The van der Waals surface area contributed by atoms with Crippen LogP contribution < -0.4 is 5.73 Å². The summed E-state index contributed by atoms with van der Waals surface area (Å²) in [6, 6.07) is 0. The van der Waals surface area contributed by atoms with Gasteiger partial charge in [0.2, 0.25) is 0 Å². The van der Waals surface area contributed by atoms with E-state index in [1.807, 2.05) is 13.8 Å². The molecule has 3 atom stereocenters. The van der Waals surface area contributed by atoms with E-state index in [2.05, 4.69) is 17.1 Å². The van der Waals surface area contributed by atoms with Crippen LogP contribution in [0.3, 0.4) is 0 Å². The zero-order valence-corrected chi connectivity index (χ0v) is 13.3. The summed E-state index contributed by atoms with van der Waals surface area (Å²) in [5.41, 5.74) is 5.52. The fourth-order valence-corrected chi connectivity index (χ4v) is 4.15. The van der Waals surface area contributed by atoms with Crippen molar-refractivity contribution >= 4 is 5.84 Å². The molecule has 2 saturated carbocycles. The highest BCUT2D eigenvalue weighted by atomic mass is 16.4. The number of hydrogen-bond donors (Lipinski definition) is 2. The molecule has 2 fully saturated rings.